The van der Waals surface area contributed by atoms with Crippen LogP contribution < -0.4 is 0 Å². The summed E-state index contributed by atoms with van der Waals surface area (Å²) < 4.78 is 2.26. The van der Waals surface area contributed by atoms with Crippen molar-refractivity contribution in [3.63, 3.8) is 0 Å². The van der Waals surface area contributed by atoms with Crippen molar-refractivity contribution in [2.45, 2.75) is 0 Å². The summed E-state index contributed by atoms with van der Waals surface area (Å²) in [7, 11) is 0. The van der Waals surface area contributed by atoms with Crippen LogP contribution in [0.1, 0.15) is 5.56 Å². The molecule has 0 spiro atoms. The molecule has 0 N–H and O–H groups in total. The van der Waals surface area contributed by atoms with Crippen LogP contribution in [0.4, 0.5) is 0 Å². The molecule has 5 aromatic carbocycles. The molecule has 0 aliphatic rings. The normalized spacial score (nSPS) is 11.6. The summed E-state index contributed by atoms with van der Waals surface area (Å²) in [6.07, 6.45) is 1.94. The fraction of sp³-hybridized carbons (Fsp3) is 0. The van der Waals surface area contributed by atoms with Crippen LogP contribution in [0.15, 0.2) is 121 Å². The Balaban J connectivity index is 1.49. The van der Waals surface area contributed by atoms with Crippen molar-refractivity contribution in [3.05, 3.63) is 127 Å². The van der Waals surface area contributed by atoms with Gasteiger partial charge in [-0.2, -0.15) is 5.26 Å². The van der Waals surface area contributed by atoms with E-state index in [1.54, 1.807) is 0 Å². The Morgan fingerprint density at radius 1 is 0.641 bits per heavy atom. The molecule has 0 fully saturated rings. The predicted molar refractivity (Wildman–Crippen MR) is 159 cm³/mol. The van der Waals surface area contributed by atoms with E-state index < -0.39 is 0 Å². The molecule has 0 atom stereocenters. The molecule has 180 valence electrons. The molecule has 0 amide bonds. The standard InChI is InChI=1S/C35H20N4/c36-20-22-14-16-31-28(18-22)29-19-23(15-17-32(29)39(31)25-9-2-1-3-10-25)34-35-33(27-12-6-7-13-30(27)38-34)26-11-5-4-8-24(26)21-37-35/h1-19,21H. The average Bonchev–Trinajstić information content (AvgIpc) is 3.33. The van der Waals surface area contributed by atoms with Gasteiger partial charge in [-0.1, -0.05) is 66.7 Å². The summed E-state index contributed by atoms with van der Waals surface area (Å²) in [6, 6.07) is 41.7. The van der Waals surface area contributed by atoms with Gasteiger partial charge in [-0.25, -0.2) is 4.98 Å². The molecule has 0 aliphatic heterocycles. The first-order valence-electron chi connectivity index (χ1n) is 12.9. The van der Waals surface area contributed by atoms with Crippen molar-refractivity contribution in [2.24, 2.45) is 0 Å². The molecule has 8 aromatic rings. The van der Waals surface area contributed by atoms with Gasteiger partial charge in [-0.05, 0) is 53.9 Å². The first-order chi connectivity index (χ1) is 19.3. The molecule has 3 heterocycles. The maximum atomic E-state index is 9.66. The number of nitriles is 1. The number of pyridine rings is 2. The molecule has 0 bridgehead atoms. The fourth-order valence-corrected chi connectivity index (χ4v) is 5.87. The Morgan fingerprint density at radius 2 is 1.36 bits per heavy atom. The zero-order valence-electron chi connectivity index (χ0n) is 20.8. The minimum Gasteiger partial charge on any atom is -0.309 e. The van der Waals surface area contributed by atoms with Gasteiger partial charge in [0.15, 0.2) is 0 Å². The third-order valence-electron chi connectivity index (χ3n) is 7.61. The lowest BCUT2D eigenvalue weighted by atomic mass is 9.98. The van der Waals surface area contributed by atoms with Crippen molar-refractivity contribution < 1.29 is 0 Å². The lowest BCUT2D eigenvalue weighted by Gasteiger charge is -2.12. The number of hydrogen-bond acceptors (Lipinski definition) is 3. The Labute approximate surface area is 224 Å². The second-order valence-electron chi connectivity index (χ2n) is 9.79. The molecular weight excluding hydrogens is 476 g/mol. The number of rotatable bonds is 2. The van der Waals surface area contributed by atoms with E-state index in [0.29, 0.717) is 5.56 Å². The van der Waals surface area contributed by atoms with Gasteiger partial charge < -0.3 is 4.57 Å². The number of fused-ring (bicyclic) bond motifs is 8. The van der Waals surface area contributed by atoms with Gasteiger partial charge in [0.2, 0.25) is 0 Å². The predicted octanol–water partition coefficient (Wildman–Crippen LogP) is 8.57. The highest BCUT2D eigenvalue weighted by atomic mass is 15.0. The van der Waals surface area contributed by atoms with Gasteiger partial charge in [0.1, 0.15) is 0 Å². The zero-order valence-corrected chi connectivity index (χ0v) is 20.8. The van der Waals surface area contributed by atoms with Crippen molar-refractivity contribution in [2.75, 3.05) is 0 Å². The van der Waals surface area contributed by atoms with Crippen molar-refractivity contribution in [1.82, 2.24) is 14.5 Å². The van der Waals surface area contributed by atoms with E-state index in [4.69, 9.17) is 9.97 Å². The first-order valence-corrected chi connectivity index (χ1v) is 12.9. The van der Waals surface area contributed by atoms with Gasteiger partial charge in [0.25, 0.3) is 0 Å². The Bertz CT molecular complexity index is 2270. The third-order valence-corrected chi connectivity index (χ3v) is 7.61. The van der Waals surface area contributed by atoms with Crippen LogP contribution in [0.2, 0.25) is 0 Å². The highest BCUT2D eigenvalue weighted by molar-refractivity contribution is 6.21. The summed E-state index contributed by atoms with van der Waals surface area (Å²) in [5.74, 6) is 0. The maximum Gasteiger partial charge on any atom is 0.0991 e. The van der Waals surface area contributed by atoms with Crippen LogP contribution >= 0.6 is 0 Å². The molecule has 8 rings (SSSR count). The summed E-state index contributed by atoms with van der Waals surface area (Å²) in [4.78, 5) is 10.1. The summed E-state index contributed by atoms with van der Waals surface area (Å²) in [6.45, 7) is 0. The molecule has 0 radical (unpaired) electrons. The van der Waals surface area contributed by atoms with E-state index >= 15 is 0 Å². The average molecular weight is 497 g/mol. The Hall–Kier alpha value is -5.53. The number of aromatic nitrogens is 3. The van der Waals surface area contributed by atoms with E-state index in [-0.39, 0.29) is 0 Å². The molecule has 0 saturated carbocycles. The van der Waals surface area contributed by atoms with Crippen LogP contribution in [-0.2, 0) is 0 Å². The molecule has 0 saturated heterocycles. The van der Waals surface area contributed by atoms with E-state index in [0.717, 1.165) is 65.9 Å². The summed E-state index contributed by atoms with van der Waals surface area (Å²) >= 11 is 0. The summed E-state index contributed by atoms with van der Waals surface area (Å²) in [5, 5.41) is 16.3. The van der Waals surface area contributed by atoms with Crippen LogP contribution in [-0.4, -0.2) is 14.5 Å². The smallest absolute Gasteiger partial charge is 0.0991 e. The Kier molecular flexibility index (Phi) is 4.55. The quantitative estimate of drug-likeness (QED) is 0.225. The molecule has 0 aliphatic carbocycles. The molecule has 0 unspecified atom stereocenters. The van der Waals surface area contributed by atoms with Crippen LogP contribution in [0.25, 0.3) is 71.3 Å². The van der Waals surface area contributed by atoms with Crippen molar-refractivity contribution in [3.8, 4) is 23.0 Å². The molecule has 4 nitrogen and oxygen atoms in total. The fourth-order valence-electron chi connectivity index (χ4n) is 5.87. The van der Waals surface area contributed by atoms with Crippen molar-refractivity contribution in [1.29, 1.82) is 5.26 Å². The van der Waals surface area contributed by atoms with E-state index in [1.807, 2.05) is 54.7 Å². The molecule has 39 heavy (non-hydrogen) atoms. The van der Waals surface area contributed by atoms with Gasteiger partial charge in [0, 0.05) is 44.4 Å². The second-order valence-corrected chi connectivity index (χ2v) is 9.79. The van der Waals surface area contributed by atoms with E-state index in [1.165, 1.54) is 5.39 Å². The topological polar surface area (TPSA) is 54.5 Å². The van der Waals surface area contributed by atoms with Gasteiger partial charge in [-0.3, -0.25) is 4.98 Å². The molecule has 3 aromatic heterocycles. The maximum absolute atomic E-state index is 9.66. The van der Waals surface area contributed by atoms with Gasteiger partial charge in [0.05, 0.1) is 39.4 Å². The SMILES string of the molecule is N#Cc1ccc2c(c1)c1cc(-c3nc4ccccc4c4c3ncc3ccccc34)ccc1n2-c1ccccc1. The third kappa shape index (κ3) is 3.17. The summed E-state index contributed by atoms with van der Waals surface area (Å²) in [5.41, 5.74) is 7.54. The van der Waals surface area contributed by atoms with E-state index in [9.17, 15) is 5.26 Å². The first kappa shape index (κ1) is 21.5. The van der Waals surface area contributed by atoms with Crippen LogP contribution in [0.5, 0.6) is 0 Å². The second kappa shape index (κ2) is 8.24. The highest BCUT2D eigenvalue weighted by Gasteiger charge is 2.18. The largest absolute Gasteiger partial charge is 0.309 e. The van der Waals surface area contributed by atoms with Crippen molar-refractivity contribution >= 4 is 54.4 Å². The zero-order chi connectivity index (χ0) is 25.9. The lowest BCUT2D eigenvalue weighted by molar-refractivity contribution is 1.18. The van der Waals surface area contributed by atoms with Gasteiger partial charge >= 0.3 is 0 Å². The van der Waals surface area contributed by atoms with Gasteiger partial charge in [-0.15, -0.1) is 0 Å². The highest BCUT2D eigenvalue weighted by Crippen LogP contribution is 2.39. The number of nitrogens with zero attached hydrogens (tertiary/aromatic N) is 4. The monoisotopic (exact) mass is 496 g/mol. The molecule has 4 heteroatoms. The number of hydrogen-bond donors (Lipinski definition) is 0. The minimum atomic E-state index is 0.641. The lowest BCUT2D eigenvalue weighted by Crippen LogP contribution is -1.94. The number of para-hydroxylation sites is 2. The molecular formula is C35H20N4. The minimum absolute atomic E-state index is 0.641. The Morgan fingerprint density at radius 3 is 2.21 bits per heavy atom. The van der Waals surface area contributed by atoms with Crippen LogP contribution in [0, 0.1) is 11.3 Å². The number of benzene rings is 5. The van der Waals surface area contributed by atoms with Crippen LogP contribution in [0.3, 0.4) is 0 Å². The van der Waals surface area contributed by atoms with E-state index in [2.05, 4.69) is 77.4 Å².